The van der Waals surface area contributed by atoms with E-state index in [9.17, 15) is 0 Å². The van der Waals surface area contributed by atoms with E-state index >= 15 is 0 Å². The minimum absolute atomic E-state index is 0.0739. The van der Waals surface area contributed by atoms with Crippen LogP contribution in [0.25, 0.3) is 0 Å². The molecule has 0 aromatic heterocycles. The first-order valence-electron chi connectivity index (χ1n) is 6.05. The number of ether oxygens (including phenoxy) is 1. The molecule has 1 aromatic carbocycles. The molecule has 2 heteroatoms. The van der Waals surface area contributed by atoms with Gasteiger partial charge in [-0.1, -0.05) is 36.9 Å². The van der Waals surface area contributed by atoms with Crippen LogP contribution in [0.15, 0.2) is 48.2 Å². The second kappa shape index (κ2) is 5.83. The van der Waals surface area contributed by atoms with E-state index in [1.165, 1.54) is 5.56 Å². The second-order valence-corrected chi connectivity index (χ2v) is 4.30. The van der Waals surface area contributed by atoms with Crippen molar-refractivity contribution >= 4 is 0 Å². The van der Waals surface area contributed by atoms with Gasteiger partial charge in [-0.25, -0.2) is 0 Å². The topological polar surface area (TPSA) is 29.5 Å². The lowest BCUT2D eigenvalue weighted by molar-refractivity contribution is 0.0440. The molecule has 17 heavy (non-hydrogen) atoms. The largest absolute Gasteiger partial charge is 0.396 e. The fourth-order valence-electron chi connectivity index (χ4n) is 2.23. The van der Waals surface area contributed by atoms with Gasteiger partial charge in [0.2, 0.25) is 0 Å². The average Bonchev–Trinajstić information content (AvgIpc) is 2.80. The normalized spacial score (nSPS) is 23.7. The highest BCUT2D eigenvalue weighted by molar-refractivity contribution is 5.24. The third-order valence-corrected chi connectivity index (χ3v) is 3.15. The van der Waals surface area contributed by atoms with Crippen molar-refractivity contribution in [3.63, 3.8) is 0 Å². The molecule has 1 N–H and O–H groups in total. The molecule has 1 aliphatic rings. The van der Waals surface area contributed by atoms with E-state index in [1.807, 2.05) is 18.2 Å². The Hall–Kier alpha value is -1.34. The molecule has 0 amide bonds. The van der Waals surface area contributed by atoms with Crippen molar-refractivity contribution in [1.82, 2.24) is 0 Å². The Kier molecular flexibility index (Phi) is 4.16. The van der Waals surface area contributed by atoms with Crippen LogP contribution in [0.1, 0.15) is 30.9 Å². The van der Waals surface area contributed by atoms with E-state index in [4.69, 9.17) is 9.84 Å². The van der Waals surface area contributed by atoms with Gasteiger partial charge < -0.3 is 9.84 Å². The summed E-state index contributed by atoms with van der Waals surface area (Å²) in [5.74, 6) is 0. The highest BCUT2D eigenvalue weighted by Crippen LogP contribution is 2.37. The number of aliphatic hydroxyl groups is 1. The Morgan fingerprint density at radius 3 is 2.76 bits per heavy atom. The fraction of sp³-hybridized carbons (Fsp3) is 0.400. The molecular formula is C15H18O2. The zero-order valence-corrected chi connectivity index (χ0v) is 9.93. The number of hydrogen-bond donors (Lipinski definition) is 1. The highest BCUT2D eigenvalue weighted by Gasteiger charge is 2.30. The molecule has 2 unspecified atom stereocenters. The maximum Gasteiger partial charge on any atom is 0.0877 e. The van der Waals surface area contributed by atoms with E-state index in [1.54, 1.807) is 0 Å². The van der Waals surface area contributed by atoms with E-state index in [2.05, 4.69) is 24.4 Å². The molecule has 2 atom stereocenters. The van der Waals surface area contributed by atoms with Gasteiger partial charge in [-0.15, -0.1) is 5.73 Å². The Balaban J connectivity index is 2.07. The van der Waals surface area contributed by atoms with Gasteiger partial charge in [0.15, 0.2) is 0 Å². The first kappa shape index (κ1) is 12.1. The molecule has 1 aromatic rings. The molecule has 1 aliphatic heterocycles. The van der Waals surface area contributed by atoms with Crippen molar-refractivity contribution in [2.75, 3.05) is 6.61 Å². The Morgan fingerprint density at radius 1 is 1.35 bits per heavy atom. The summed E-state index contributed by atoms with van der Waals surface area (Å²) in [5.41, 5.74) is 5.32. The highest BCUT2D eigenvalue weighted by atomic mass is 16.5. The van der Waals surface area contributed by atoms with Gasteiger partial charge >= 0.3 is 0 Å². The van der Waals surface area contributed by atoms with Crippen molar-refractivity contribution in [1.29, 1.82) is 0 Å². The molecule has 2 rings (SSSR count). The molecule has 0 radical (unpaired) electrons. The Morgan fingerprint density at radius 2 is 2.12 bits per heavy atom. The maximum atomic E-state index is 8.87. The summed E-state index contributed by atoms with van der Waals surface area (Å²) in [6.45, 7) is 3.93. The predicted molar refractivity (Wildman–Crippen MR) is 67.6 cm³/mol. The van der Waals surface area contributed by atoms with Crippen LogP contribution >= 0.6 is 0 Å². The SMILES string of the molecule is C=C=C1CC(c2ccccc2)OC1CCCO. The van der Waals surface area contributed by atoms with Crippen LogP contribution in [-0.2, 0) is 4.74 Å². The van der Waals surface area contributed by atoms with Crippen molar-refractivity contribution in [2.24, 2.45) is 0 Å². The monoisotopic (exact) mass is 230 g/mol. The lowest BCUT2D eigenvalue weighted by atomic mass is 10.0. The first-order valence-corrected chi connectivity index (χ1v) is 6.05. The van der Waals surface area contributed by atoms with Gasteiger partial charge in [0.1, 0.15) is 0 Å². The molecule has 1 fully saturated rings. The third kappa shape index (κ3) is 2.86. The van der Waals surface area contributed by atoms with E-state index in [0.717, 1.165) is 24.8 Å². The predicted octanol–water partition coefficient (Wildman–Crippen LogP) is 3.00. The Bertz CT molecular complexity index is 404. The van der Waals surface area contributed by atoms with Crippen LogP contribution in [0.2, 0.25) is 0 Å². The van der Waals surface area contributed by atoms with Crippen molar-refractivity contribution in [3.05, 3.63) is 53.8 Å². The molecule has 0 aliphatic carbocycles. The van der Waals surface area contributed by atoms with Gasteiger partial charge in [0.25, 0.3) is 0 Å². The molecular weight excluding hydrogens is 212 g/mol. The molecule has 0 spiro atoms. The molecule has 1 saturated heterocycles. The molecule has 1 heterocycles. The molecule has 0 saturated carbocycles. The summed E-state index contributed by atoms with van der Waals surface area (Å²) in [6, 6.07) is 10.2. The van der Waals surface area contributed by atoms with E-state index in [-0.39, 0.29) is 18.8 Å². The van der Waals surface area contributed by atoms with Gasteiger partial charge in [0.05, 0.1) is 12.2 Å². The number of hydrogen-bond acceptors (Lipinski definition) is 2. The lowest BCUT2D eigenvalue weighted by Crippen LogP contribution is -2.08. The zero-order valence-electron chi connectivity index (χ0n) is 9.93. The summed E-state index contributed by atoms with van der Waals surface area (Å²) >= 11 is 0. The minimum Gasteiger partial charge on any atom is -0.396 e. The number of aliphatic hydroxyl groups excluding tert-OH is 1. The van der Waals surface area contributed by atoms with E-state index in [0.29, 0.717) is 0 Å². The summed E-state index contributed by atoms with van der Waals surface area (Å²) in [5, 5.41) is 8.87. The van der Waals surface area contributed by atoms with Crippen LogP contribution in [0.3, 0.4) is 0 Å². The van der Waals surface area contributed by atoms with Crippen LogP contribution in [0.5, 0.6) is 0 Å². The van der Waals surface area contributed by atoms with Crippen molar-refractivity contribution in [3.8, 4) is 0 Å². The molecule has 0 bridgehead atoms. The first-order chi connectivity index (χ1) is 8.35. The second-order valence-electron chi connectivity index (χ2n) is 4.30. The smallest absolute Gasteiger partial charge is 0.0877 e. The minimum atomic E-state index is 0.0739. The maximum absolute atomic E-state index is 8.87. The summed E-state index contributed by atoms with van der Waals surface area (Å²) in [6.07, 6.45) is 2.66. The zero-order chi connectivity index (χ0) is 12.1. The van der Waals surface area contributed by atoms with Crippen LogP contribution in [0.4, 0.5) is 0 Å². The molecule has 2 nitrogen and oxygen atoms in total. The van der Waals surface area contributed by atoms with Crippen LogP contribution < -0.4 is 0 Å². The fourth-order valence-corrected chi connectivity index (χ4v) is 2.23. The third-order valence-electron chi connectivity index (χ3n) is 3.15. The Labute approximate surface area is 102 Å². The quantitative estimate of drug-likeness (QED) is 0.806. The number of rotatable bonds is 4. The average molecular weight is 230 g/mol. The van der Waals surface area contributed by atoms with Crippen LogP contribution in [-0.4, -0.2) is 17.8 Å². The van der Waals surface area contributed by atoms with Gasteiger partial charge in [-0.05, 0) is 18.4 Å². The summed E-state index contributed by atoms with van der Waals surface area (Å²) in [4.78, 5) is 0. The van der Waals surface area contributed by atoms with Crippen molar-refractivity contribution < 1.29 is 9.84 Å². The van der Waals surface area contributed by atoms with Crippen molar-refractivity contribution in [2.45, 2.75) is 31.5 Å². The molecule has 90 valence electrons. The van der Waals surface area contributed by atoms with Gasteiger partial charge in [-0.3, -0.25) is 0 Å². The number of benzene rings is 1. The van der Waals surface area contributed by atoms with E-state index < -0.39 is 0 Å². The standard InChI is InChI=1S/C15H18O2/c1-2-12-11-15(13-7-4-3-5-8-13)17-14(12)9-6-10-16/h3-5,7-8,14-16H,1,6,9-11H2. The lowest BCUT2D eigenvalue weighted by Gasteiger charge is -2.13. The van der Waals surface area contributed by atoms with Gasteiger partial charge in [-0.2, -0.15) is 0 Å². The summed E-state index contributed by atoms with van der Waals surface area (Å²) < 4.78 is 6.00. The van der Waals surface area contributed by atoms with Gasteiger partial charge in [0, 0.05) is 18.6 Å². The van der Waals surface area contributed by atoms with Crippen LogP contribution in [0, 0.1) is 0 Å². The summed E-state index contributed by atoms with van der Waals surface area (Å²) in [7, 11) is 0.